The van der Waals surface area contributed by atoms with Crippen LogP contribution in [0.3, 0.4) is 0 Å². The first kappa shape index (κ1) is 26.1. The summed E-state index contributed by atoms with van der Waals surface area (Å²) >= 11 is 0. The Balaban J connectivity index is 1.47. The second-order valence-corrected chi connectivity index (χ2v) is 8.66. The van der Waals surface area contributed by atoms with Gasteiger partial charge in [0.1, 0.15) is 5.60 Å². The lowest BCUT2D eigenvalue weighted by Crippen LogP contribution is -2.37. The Labute approximate surface area is 190 Å². The number of aromatic nitrogens is 2. The number of nitrogens with zero attached hydrogens (tertiary/aromatic N) is 3. The smallest absolute Gasteiger partial charge is 0.407 e. The number of amides is 1. The van der Waals surface area contributed by atoms with E-state index in [2.05, 4.69) is 15.3 Å². The van der Waals surface area contributed by atoms with Crippen molar-refractivity contribution < 1.29 is 28.5 Å². The quantitative estimate of drug-likeness (QED) is 0.379. The highest BCUT2D eigenvalue weighted by Crippen LogP contribution is 2.22. The van der Waals surface area contributed by atoms with E-state index in [1.165, 1.54) is 0 Å². The van der Waals surface area contributed by atoms with E-state index in [9.17, 15) is 9.59 Å². The third kappa shape index (κ3) is 9.97. The Kier molecular flexibility index (Phi) is 10.9. The largest absolute Gasteiger partial charge is 0.462 e. The standard InChI is InChI=1S/C22H38N4O6/c1-5-31-20(27)18-16-24-26(17-18)19-6-9-25(10-7-19)11-13-30-15-14-29-12-8-23-21(28)32-22(2,3)4/h16-17,19H,5-15H2,1-4H3,(H,23,28). The zero-order valence-corrected chi connectivity index (χ0v) is 19.8. The minimum Gasteiger partial charge on any atom is -0.462 e. The molecule has 1 aliphatic heterocycles. The van der Waals surface area contributed by atoms with Crippen LogP contribution in [-0.4, -0.2) is 91.6 Å². The molecule has 10 heteroatoms. The number of alkyl carbamates (subject to hydrolysis) is 1. The second-order valence-electron chi connectivity index (χ2n) is 8.66. The van der Waals surface area contributed by atoms with E-state index in [4.69, 9.17) is 18.9 Å². The molecule has 0 unspecified atom stereocenters. The molecule has 1 fully saturated rings. The van der Waals surface area contributed by atoms with Gasteiger partial charge in [-0.3, -0.25) is 4.68 Å². The van der Waals surface area contributed by atoms with Gasteiger partial charge in [-0.1, -0.05) is 0 Å². The van der Waals surface area contributed by atoms with Gasteiger partial charge in [0, 0.05) is 32.4 Å². The van der Waals surface area contributed by atoms with E-state index in [0.717, 1.165) is 32.5 Å². The highest BCUT2D eigenvalue weighted by molar-refractivity contribution is 5.88. The number of likely N-dealkylation sites (tertiary alicyclic amines) is 1. The van der Waals surface area contributed by atoms with Crippen LogP contribution in [0, 0.1) is 0 Å². The molecule has 0 saturated carbocycles. The Morgan fingerprint density at radius 1 is 1.12 bits per heavy atom. The normalized spacial score (nSPS) is 15.5. The number of ether oxygens (including phenoxy) is 4. The number of carbonyl (C=O) groups is 2. The van der Waals surface area contributed by atoms with E-state index in [1.807, 2.05) is 25.5 Å². The van der Waals surface area contributed by atoms with Crippen molar-refractivity contribution >= 4 is 12.1 Å². The van der Waals surface area contributed by atoms with E-state index in [1.54, 1.807) is 19.3 Å². The maximum Gasteiger partial charge on any atom is 0.407 e. The van der Waals surface area contributed by atoms with Gasteiger partial charge >= 0.3 is 12.1 Å². The van der Waals surface area contributed by atoms with Gasteiger partial charge in [-0.2, -0.15) is 5.10 Å². The molecule has 0 aromatic carbocycles. The Morgan fingerprint density at radius 2 is 1.81 bits per heavy atom. The molecule has 32 heavy (non-hydrogen) atoms. The van der Waals surface area contributed by atoms with Gasteiger partial charge in [-0.25, -0.2) is 9.59 Å². The summed E-state index contributed by atoms with van der Waals surface area (Å²) in [5.41, 5.74) is 0.00596. The van der Waals surface area contributed by atoms with Crippen molar-refractivity contribution in [3.05, 3.63) is 18.0 Å². The van der Waals surface area contributed by atoms with Crippen molar-refractivity contribution in [1.82, 2.24) is 20.0 Å². The first-order valence-corrected chi connectivity index (χ1v) is 11.3. The van der Waals surface area contributed by atoms with Crippen LogP contribution in [0.15, 0.2) is 12.4 Å². The van der Waals surface area contributed by atoms with Crippen molar-refractivity contribution in [3.8, 4) is 0 Å². The van der Waals surface area contributed by atoms with Crippen molar-refractivity contribution in [2.24, 2.45) is 0 Å². The molecule has 1 aliphatic rings. The SMILES string of the molecule is CCOC(=O)c1cnn(C2CCN(CCOCCOCCNC(=O)OC(C)(C)C)CC2)c1. The predicted molar refractivity (Wildman–Crippen MR) is 119 cm³/mol. The molecule has 182 valence electrons. The predicted octanol–water partition coefficient (Wildman–Crippen LogP) is 2.25. The van der Waals surface area contributed by atoms with Gasteiger partial charge in [0.05, 0.1) is 50.8 Å². The van der Waals surface area contributed by atoms with E-state index in [-0.39, 0.29) is 5.97 Å². The first-order chi connectivity index (χ1) is 15.3. The van der Waals surface area contributed by atoms with E-state index in [0.29, 0.717) is 51.2 Å². The summed E-state index contributed by atoms with van der Waals surface area (Å²) in [5.74, 6) is -0.323. The fourth-order valence-corrected chi connectivity index (χ4v) is 3.32. The third-order valence-corrected chi connectivity index (χ3v) is 4.88. The Hall–Kier alpha value is -2.17. The summed E-state index contributed by atoms with van der Waals surface area (Å²) < 4.78 is 23.1. The third-order valence-electron chi connectivity index (χ3n) is 4.88. The van der Waals surface area contributed by atoms with Crippen LogP contribution in [0.1, 0.15) is 56.9 Å². The van der Waals surface area contributed by atoms with Crippen LogP contribution in [0.25, 0.3) is 0 Å². The maximum absolute atomic E-state index is 11.8. The second kappa shape index (κ2) is 13.4. The van der Waals surface area contributed by atoms with Gasteiger partial charge in [0.15, 0.2) is 0 Å². The van der Waals surface area contributed by atoms with Gasteiger partial charge in [-0.05, 0) is 40.5 Å². The van der Waals surface area contributed by atoms with Crippen molar-refractivity contribution in [2.75, 3.05) is 59.2 Å². The van der Waals surface area contributed by atoms with Gasteiger partial charge in [-0.15, -0.1) is 0 Å². The van der Waals surface area contributed by atoms with Crippen LogP contribution in [-0.2, 0) is 18.9 Å². The van der Waals surface area contributed by atoms with Crippen molar-refractivity contribution in [1.29, 1.82) is 0 Å². The van der Waals surface area contributed by atoms with Crippen LogP contribution >= 0.6 is 0 Å². The topological polar surface area (TPSA) is 104 Å². The summed E-state index contributed by atoms with van der Waals surface area (Å²) in [4.78, 5) is 25.6. The number of nitrogens with one attached hydrogen (secondary N) is 1. The summed E-state index contributed by atoms with van der Waals surface area (Å²) in [5, 5.41) is 6.99. The number of hydrogen-bond acceptors (Lipinski definition) is 8. The molecule has 0 radical (unpaired) electrons. The van der Waals surface area contributed by atoms with Crippen molar-refractivity contribution in [3.63, 3.8) is 0 Å². The molecular weight excluding hydrogens is 416 g/mol. The molecule has 2 heterocycles. The summed E-state index contributed by atoms with van der Waals surface area (Å²) in [6.07, 6.45) is 4.89. The molecule has 0 spiro atoms. The number of hydrogen-bond donors (Lipinski definition) is 1. The fraction of sp³-hybridized carbons (Fsp3) is 0.773. The molecule has 0 bridgehead atoms. The number of piperidine rings is 1. The lowest BCUT2D eigenvalue weighted by molar-refractivity contribution is 0.0316. The van der Waals surface area contributed by atoms with Gasteiger partial charge in [0.25, 0.3) is 0 Å². The first-order valence-electron chi connectivity index (χ1n) is 11.3. The molecule has 10 nitrogen and oxygen atoms in total. The van der Waals surface area contributed by atoms with Crippen molar-refractivity contribution in [2.45, 2.75) is 52.2 Å². The molecule has 0 atom stereocenters. The van der Waals surface area contributed by atoms with Crippen LogP contribution in [0.5, 0.6) is 0 Å². The maximum atomic E-state index is 11.8. The molecule has 1 amide bonds. The lowest BCUT2D eigenvalue weighted by atomic mass is 10.1. The summed E-state index contributed by atoms with van der Waals surface area (Å²) in [6, 6.07) is 0.304. The molecule has 2 rings (SSSR count). The Bertz CT molecular complexity index is 695. The molecule has 0 aliphatic carbocycles. The lowest BCUT2D eigenvalue weighted by Gasteiger charge is -2.31. The average Bonchev–Trinajstić information content (AvgIpc) is 3.22. The summed E-state index contributed by atoms with van der Waals surface area (Å²) in [7, 11) is 0. The monoisotopic (exact) mass is 454 g/mol. The highest BCUT2D eigenvalue weighted by Gasteiger charge is 2.22. The zero-order valence-electron chi connectivity index (χ0n) is 19.8. The van der Waals surface area contributed by atoms with Crippen LogP contribution in [0.2, 0.25) is 0 Å². The van der Waals surface area contributed by atoms with E-state index >= 15 is 0 Å². The Morgan fingerprint density at radius 3 is 2.47 bits per heavy atom. The average molecular weight is 455 g/mol. The minimum atomic E-state index is -0.499. The zero-order chi connectivity index (χ0) is 23.4. The summed E-state index contributed by atoms with van der Waals surface area (Å²) in [6.45, 7) is 12.9. The van der Waals surface area contributed by atoms with Gasteiger partial charge < -0.3 is 29.2 Å². The minimum absolute atomic E-state index is 0.304. The number of rotatable bonds is 12. The molecular formula is C22H38N4O6. The highest BCUT2D eigenvalue weighted by atomic mass is 16.6. The van der Waals surface area contributed by atoms with E-state index < -0.39 is 11.7 Å². The fourth-order valence-electron chi connectivity index (χ4n) is 3.32. The van der Waals surface area contributed by atoms with Crippen LogP contribution < -0.4 is 5.32 Å². The van der Waals surface area contributed by atoms with Crippen LogP contribution in [0.4, 0.5) is 4.79 Å². The number of esters is 1. The van der Waals surface area contributed by atoms with Gasteiger partial charge in [0.2, 0.25) is 0 Å². The molecule has 1 N–H and O–H groups in total. The molecule has 1 aromatic heterocycles. The molecule has 1 aromatic rings. The number of carbonyl (C=O) groups excluding carboxylic acids is 2. The molecule has 1 saturated heterocycles.